The van der Waals surface area contributed by atoms with Gasteiger partial charge in [-0.1, -0.05) is 23.9 Å². The molecule has 0 unspecified atom stereocenters. The number of methoxy groups -OCH3 is 1. The van der Waals surface area contributed by atoms with E-state index in [9.17, 15) is 4.79 Å². The molecule has 0 saturated heterocycles. The van der Waals surface area contributed by atoms with Crippen molar-refractivity contribution in [1.82, 2.24) is 19.5 Å². The van der Waals surface area contributed by atoms with Crippen molar-refractivity contribution in [2.45, 2.75) is 17.8 Å². The zero-order valence-electron chi connectivity index (χ0n) is 16.8. The molecule has 0 spiro atoms. The molecule has 0 saturated carbocycles. The molecule has 0 aliphatic heterocycles. The molecule has 2 heterocycles. The van der Waals surface area contributed by atoms with Crippen LogP contribution in [0.15, 0.2) is 53.7 Å². The number of rotatable bonds is 5. The highest BCUT2D eigenvalue weighted by Gasteiger charge is 2.13. The van der Waals surface area contributed by atoms with Crippen LogP contribution in [0.3, 0.4) is 0 Å². The van der Waals surface area contributed by atoms with Crippen molar-refractivity contribution in [2.75, 3.05) is 21.2 Å². The minimum atomic E-state index is -0.00154. The molecule has 0 aliphatic carbocycles. The Morgan fingerprint density at radius 3 is 2.72 bits per heavy atom. The highest BCUT2D eigenvalue weighted by atomic mass is 32.2. The summed E-state index contributed by atoms with van der Waals surface area (Å²) < 4.78 is 7.47. The van der Waals surface area contributed by atoms with Crippen LogP contribution in [0.25, 0.3) is 16.6 Å². The molecule has 0 N–H and O–H groups in total. The van der Waals surface area contributed by atoms with Crippen molar-refractivity contribution in [3.8, 4) is 5.75 Å². The summed E-state index contributed by atoms with van der Waals surface area (Å²) in [6, 6.07) is 15.8. The second kappa shape index (κ2) is 7.75. The number of ether oxygens (including phenoxy) is 1. The van der Waals surface area contributed by atoms with Gasteiger partial charge >= 0.3 is 0 Å². The minimum absolute atomic E-state index is 0.00154. The van der Waals surface area contributed by atoms with Crippen molar-refractivity contribution in [3.05, 3.63) is 65.2 Å². The molecule has 2 aromatic heterocycles. The number of aryl methyl sites for hydroxylation is 1. The van der Waals surface area contributed by atoms with Gasteiger partial charge in [-0.05, 0) is 48.4 Å². The number of nitrogens with zero attached hydrogens (tertiary/aromatic N) is 4. The first kappa shape index (κ1) is 19.3. The van der Waals surface area contributed by atoms with Crippen LogP contribution in [0.4, 0.5) is 0 Å². The van der Waals surface area contributed by atoms with Crippen LogP contribution in [-0.4, -0.2) is 46.6 Å². The first-order valence-electron chi connectivity index (χ1n) is 9.24. The number of fused-ring (bicyclic) bond motifs is 3. The topological polar surface area (TPSA) is 59.7 Å². The summed E-state index contributed by atoms with van der Waals surface area (Å²) in [5.41, 5.74) is 4.72. The van der Waals surface area contributed by atoms with E-state index in [2.05, 4.69) is 27.6 Å². The zero-order chi connectivity index (χ0) is 20.5. The highest BCUT2D eigenvalue weighted by molar-refractivity contribution is 7.98. The summed E-state index contributed by atoms with van der Waals surface area (Å²) in [5, 5.41) is 10.7. The Bertz CT molecular complexity index is 1220. The van der Waals surface area contributed by atoms with Gasteiger partial charge in [0.15, 0.2) is 10.8 Å². The van der Waals surface area contributed by atoms with Gasteiger partial charge in [0, 0.05) is 36.9 Å². The largest absolute Gasteiger partial charge is 0.497 e. The van der Waals surface area contributed by atoms with Gasteiger partial charge in [-0.3, -0.25) is 9.20 Å². The maximum atomic E-state index is 12.2. The summed E-state index contributed by atoms with van der Waals surface area (Å²) in [7, 11) is 5.18. The molecule has 0 atom stereocenters. The molecule has 7 heteroatoms. The molecule has 1 amide bonds. The average Bonchev–Trinajstić information content (AvgIpc) is 3.14. The van der Waals surface area contributed by atoms with E-state index in [1.165, 1.54) is 0 Å². The van der Waals surface area contributed by atoms with Crippen LogP contribution in [-0.2, 0) is 5.75 Å². The molecule has 6 nitrogen and oxygen atoms in total. The van der Waals surface area contributed by atoms with Crippen molar-refractivity contribution in [1.29, 1.82) is 0 Å². The normalized spacial score (nSPS) is 11.2. The summed E-state index contributed by atoms with van der Waals surface area (Å²) in [6.07, 6.45) is 0. The number of amides is 1. The predicted molar refractivity (Wildman–Crippen MR) is 116 cm³/mol. The van der Waals surface area contributed by atoms with Gasteiger partial charge < -0.3 is 9.64 Å². The van der Waals surface area contributed by atoms with Crippen LogP contribution in [0, 0.1) is 6.92 Å². The number of carbonyl (C=O) groups excluding carboxylic acids is 1. The molecular formula is C22H22N4O2S. The first-order valence-corrected chi connectivity index (χ1v) is 10.2. The summed E-state index contributed by atoms with van der Waals surface area (Å²) >= 11 is 1.60. The molecule has 0 fully saturated rings. The fourth-order valence-electron chi connectivity index (χ4n) is 3.32. The lowest BCUT2D eigenvalue weighted by Crippen LogP contribution is -2.21. The van der Waals surface area contributed by atoms with E-state index in [4.69, 9.17) is 4.74 Å². The summed E-state index contributed by atoms with van der Waals surface area (Å²) in [4.78, 5) is 13.8. The van der Waals surface area contributed by atoms with Crippen molar-refractivity contribution in [2.24, 2.45) is 0 Å². The van der Waals surface area contributed by atoms with Gasteiger partial charge in [0.05, 0.1) is 12.6 Å². The smallest absolute Gasteiger partial charge is 0.253 e. The molecule has 4 rings (SSSR count). The monoisotopic (exact) mass is 406 g/mol. The van der Waals surface area contributed by atoms with Crippen molar-refractivity contribution < 1.29 is 9.53 Å². The lowest BCUT2D eigenvalue weighted by molar-refractivity contribution is 0.0827. The van der Waals surface area contributed by atoms with E-state index in [1.54, 1.807) is 37.9 Å². The maximum Gasteiger partial charge on any atom is 0.253 e. The van der Waals surface area contributed by atoms with Gasteiger partial charge in [0.25, 0.3) is 5.91 Å². The van der Waals surface area contributed by atoms with Gasteiger partial charge in [0.1, 0.15) is 5.75 Å². The van der Waals surface area contributed by atoms with E-state index < -0.39 is 0 Å². The molecule has 2 aromatic carbocycles. The number of hydrogen-bond donors (Lipinski definition) is 0. The van der Waals surface area contributed by atoms with Crippen molar-refractivity contribution in [3.63, 3.8) is 0 Å². The zero-order valence-corrected chi connectivity index (χ0v) is 17.7. The number of benzene rings is 2. The van der Waals surface area contributed by atoms with Crippen molar-refractivity contribution >= 4 is 34.2 Å². The highest BCUT2D eigenvalue weighted by Crippen LogP contribution is 2.30. The lowest BCUT2D eigenvalue weighted by atomic mass is 10.1. The van der Waals surface area contributed by atoms with Gasteiger partial charge in [-0.15, -0.1) is 10.2 Å². The Balaban J connectivity index is 1.70. The number of pyridine rings is 1. The Kier molecular flexibility index (Phi) is 5.15. The number of hydrogen-bond acceptors (Lipinski definition) is 5. The Morgan fingerprint density at radius 1 is 1.14 bits per heavy atom. The molecule has 4 aromatic rings. The van der Waals surface area contributed by atoms with E-state index in [0.717, 1.165) is 38.6 Å². The number of thioether (sulfide) groups is 1. The number of carbonyl (C=O) groups is 1. The Morgan fingerprint density at radius 2 is 1.97 bits per heavy atom. The molecule has 0 bridgehead atoms. The van der Waals surface area contributed by atoms with Crippen LogP contribution in [0.5, 0.6) is 5.75 Å². The summed E-state index contributed by atoms with van der Waals surface area (Å²) in [6.45, 7) is 2.07. The molecule has 148 valence electrons. The van der Waals surface area contributed by atoms with Gasteiger partial charge in [-0.25, -0.2) is 0 Å². The standard InChI is InChI=1S/C22H22N4O2S/c1-14-10-20-23-24-22(26(20)19-12-17(28-4)8-9-18(14)19)29-13-15-6-5-7-16(11-15)21(27)25(2)3/h5-12H,13H2,1-4H3. The molecule has 29 heavy (non-hydrogen) atoms. The first-order chi connectivity index (χ1) is 14.0. The van der Waals surface area contributed by atoms with Crippen LogP contribution in [0.1, 0.15) is 21.5 Å². The van der Waals surface area contributed by atoms with Crippen LogP contribution >= 0.6 is 11.8 Å². The quantitative estimate of drug-likeness (QED) is 0.465. The second-order valence-electron chi connectivity index (χ2n) is 7.08. The number of aromatic nitrogens is 3. The van der Waals surface area contributed by atoms with Crippen LogP contribution < -0.4 is 4.74 Å². The summed E-state index contributed by atoms with van der Waals surface area (Å²) in [5.74, 6) is 1.48. The Hall–Kier alpha value is -3.06. The molecular weight excluding hydrogens is 384 g/mol. The molecule has 0 aliphatic rings. The van der Waals surface area contributed by atoms with E-state index in [0.29, 0.717) is 11.3 Å². The third kappa shape index (κ3) is 3.65. The van der Waals surface area contributed by atoms with Crippen LogP contribution in [0.2, 0.25) is 0 Å². The fraction of sp³-hybridized carbons (Fsp3) is 0.227. The maximum absolute atomic E-state index is 12.2. The Labute approximate surface area is 173 Å². The van der Waals surface area contributed by atoms with Gasteiger partial charge in [0.2, 0.25) is 0 Å². The van der Waals surface area contributed by atoms with E-state index in [1.807, 2.05) is 42.5 Å². The fourth-order valence-corrected chi connectivity index (χ4v) is 4.22. The van der Waals surface area contributed by atoms with E-state index >= 15 is 0 Å². The molecule has 0 radical (unpaired) electrons. The van der Waals surface area contributed by atoms with Gasteiger partial charge in [-0.2, -0.15) is 0 Å². The SMILES string of the molecule is COc1ccc2c(C)cc3nnc(SCc4cccc(C(=O)N(C)C)c4)n3c2c1. The third-order valence-corrected chi connectivity index (χ3v) is 5.82. The van der Waals surface area contributed by atoms with E-state index in [-0.39, 0.29) is 5.91 Å². The lowest BCUT2D eigenvalue weighted by Gasteiger charge is -2.11. The second-order valence-corrected chi connectivity index (χ2v) is 8.02. The predicted octanol–water partition coefficient (Wildman–Crippen LogP) is 4.19. The minimum Gasteiger partial charge on any atom is -0.497 e. The average molecular weight is 407 g/mol. The third-order valence-electron chi connectivity index (χ3n) is 4.82.